The summed E-state index contributed by atoms with van der Waals surface area (Å²) in [6, 6.07) is 4.38. The molecule has 4 heteroatoms. The van der Waals surface area contributed by atoms with Crippen molar-refractivity contribution in [2.24, 2.45) is 0 Å². The molecule has 2 aromatic rings. The van der Waals surface area contributed by atoms with Gasteiger partial charge in [0.15, 0.2) is 0 Å². The van der Waals surface area contributed by atoms with E-state index in [2.05, 4.69) is 41.9 Å². The number of aromatic nitrogens is 2. The number of nitrogens with one attached hydrogen (secondary N) is 1. The molecule has 1 atom stereocenters. The van der Waals surface area contributed by atoms with E-state index in [1.165, 1.54) is 5.69 Å². The molecule has 0 fully saturated rings. The van der Waals surface area contributed by atoms with Crippen molar-refractivity contribution in [1.29, 1.82) is 0 Å². The molecule has 19 heavy (non-hydrogen) atoms. The summed E-state index contributed by atoms with van der Waals surface area (Å²) in [4.78, 5) is 0. The van der Waals surface area contributed by atoms with E-state index in [-0.39, 0.29) is 6.04 Å². The molecule has 0 aromatic carbocycles. The zero-order valence-corrected chi connectivity index (χ0v) is 12.0. The molecular weight excluding hydrogens is 238 g/mol. The van der Waals surface area contributed by atoms with Gasteiger partial charge < -0.3 is 9.73 Å². The summed E-state index contributed by atoms with van der Waals surface area (Å²) in [6.07, 6.45) is 5.61. The third-order valence-corrected chi connectivity index (χ3v) is 3.29. The first-order valence-electron chi connectivity index (χ1n) is 7.12. The average molecular weight is 261 g/mol. The predicted molar refractivity (Wildman–Crippen MR) is 76.1 cm³/mol. The first kappa shape index (κ1) is 13.9. The minimum absolute atomic E-state index is 0.159. The van der Waals surface area contributed by atoms with Crippen LogP contribution >= 0.6 is 0 Å². The van der Waals surface area contributed by atoms with Crippen molar-refractivity contribution >= 4 is 0 Å². The molecule has 0 aliphatic carbocycles. The van der Waals surface area contributed by atoms with Gasteiger partial charge in [-0.3, -0.25) is 4.68 Å². The summed E-state index contributed by atoms with van der Waals surface area (Å²) < 4.78 is 7.32. The monoisotopic (exact) mass is 261 g/mol. The lowest BCUT2D eigenvalue weighted by atomic mass is 10.1. The maximum Gasteiger partial charge on any atom is 0.0954 e. The quantitative estimate of drug-likeness (QED) is 0.832. The lowest BCUT2D eigenvalue weighted by molar-refractivity contribution is 0.516. The second kappa shape index (κ2) is 6.57. The van der Waals surface area contributed by atoms with E-state index in [0.29, 0.717) is 0 Å². The molecule has 0 saturated carbocycles. The smallest absolute Gasteiger partial charge is 0.0954 e. The summed E-state index contributed by atoms with van der Waals surface area (Å²) in [6.45, 7) is 8.30. The fraction of sp³-hybridized carbons (Fsp3) is 0.533. The summed E-state index contributed by atoms with van der Waals surface area (Å²) in [7, 11) is 0. The van der Waals surface area contributed by atoms with Gasteiger partial charge in [-0.15, -0.1) is 0 Å². The van der Waals surface area contributed by atoms with Gasteiger partial charge in [0.25, 0.3) is 0 Å². The topological polar surface area (TPSA) is 43.0 Å². The van der Waals surface area contributed by atoms with Crippen molar-refractivity contribution in [3.05, 3.63) is 41.6 Å². The number of hydrogen-bond donors (Lipinski definition) is 1. The van der Waals surface area contributed by atoms with Gasteiger partial charge in [0.1, 0.15) is 0 Å². The molecule has 1 unspecified atom stereocenters. The zero-order chi connectivity index (χ0) is 13.7. The van der Waals surface area contributed by atoms with Crippen LogP contribution in [0.4, 0.5) is 0 Å². The summed E-state index contributed by atoms with van der Waals surface area (Å²) in [5, 5.41) is 8.21. The van der Waals surface area contributed by atoms with Crippen molar-refractivity contribution in [3.8, 4) is 0 Å². The summed E-state index contributed by atoms with van der Waals surface area (Å²) in [5.41, 5.74) is 3.52. The Kier molecular flexibility index (Phi) is 4.80. The first-order chi connectivity index (χ1) is 9.30. The number of rotatable bonds is 7. The van der Waals surface area contributed by atoms with Crippen LogP contribution in [0.1, 0.15) is 50.2 Å². The minimum Gasteiger partial charge on any atom is -0.472 e. The third-order valence-electron chi connectivity index (χ3n) is 3.29. The number of aryl methyl sites for hydroxylation is 2. The minimum atomic E-state index is 0.159. The van der Waals surface area contributed by atoms with E-state index >= 15 is 0 Å². The van der Waals surface area contributed by atoms with Crippen LogP contribution in [0.5, 0.6) is 0 Å². The Bertz CT molecular complexity index is 487. The van der Waals surface area contributed by atoms with Gasteiger partial charge in [0.05, 0.1) is 30.0 Å². The van der Waals surface area contributed by atoms with E-state index in [1.54, 1.807) is 6.26 Å². The highest BCUT2D eigenvalue weighted by Gasteiger charge is 2.19. The lowest BCUT2D eigenvalue weighted by Crippen LogP contribution is -2.25. The Labute approximate surface area is 114 Å². The molecule has 0 radical (unpaired) electrons. The molecule has 2 heterocycles. The summed E-state index contributed by atoms with van der Waals surface area (Å²) >= 11 is 0. The van der Waals surface area contributed by atoms with Gasteiger partial charge in [-0.05, 0) is 38.4 Å². The van der Waals surface area contributed by atoms with E-state index in [0.717, 1.165) is 37.2 Å². The Morgan fingerprint density at radius 2 is 2.21 bits per heavy atom. The fourth-order valence-corrected chi connectivity index (χ4v) is 2.27. The van der Waals surface area contributed by atoms with Gasteiger partial charge in [0, 0.05) is 12.1 Å². The standard InChI is InChI=1S/C15H23N3O/c1-4-8-16-15(12-7-9-19-11-12)14-10-13(5-2)17-18(14)6-3/h7,9-11,15-16H,4-6,8H2,1-3H3. The number of hydrogen-bond acceptors (Lipinski definition) is 3. The van der Waals surface area contributed by atoms with E-state index < -0.39 is 0 Å². The van der Waals surface area contributed by atoms with Crippen LogP contribution in [0.15, 0.2) is 29.1 Å². The molecule has 4 nitrogen and oxygen atoms in total. The molecule has 0 bridgehead atoms. The van der Waals surface area contributed by atoms with Crippen LogP contribution in [0.3, 0.4) is 0 Å². The van der Waals surface area contributed by atoms with Crippen LogP contribution in [0.25, 0.3) is 0 Å². The van der Waals surface area contributed by atoms with Crippen LogP contribution in [0.2, 0.25) is 0 Å². The summed E-state index contributed by atoms with van der Waals surface area (Å²) in [5.74, 6) is 0. The Morgan fingerprint density at radius 3 is 2.79 bits per heavy atom. The Balaban J connectivity index is 2.34. The average Bonchev–Trinajstić information content (AvgIpc) is 3.08. The fourth-order valence-electron chi connectivity index (χ4n) is 2.27. The van der Waals surface area contributed by atoms with Crippen LogP contribution in [0, 0.1) is 0 Å². The number of nitrogens with zero attached hydrogens (tertiary/aromatic N) is 2. The Hall–Kier alpha value is -1.55. The van der Waals surface area contributed by atoms with Gasteiger partial charge >= 0.3 is 0 Å². The largest absolute Gasteiger partial charge is 0.472 e. The maximum atomic E-state index is 5.23. The van der Waals surface area contributed by atoms with Gasteiger partial charge in [0.2, 0.25) is 0 Å². The van der Waals surface area contributed by atoms with Crippen molar-refractivity contribution in [3.63, 3.8) is 0 Å². The maximum absolute atomic E-state index is 5.23. The predicted octanol–water partition coefficient (Wildman–Crippen LogP) is 3.15. The normalized spacial score (nSPS) is 12.8. The van der Waals surface area contributed by atoms with E-state index in [1.807, 2.05) is 12.3 Å². The molecule has 0 amide bonds. The second-order valence-electron chi connectivity index (χ2n) is 4.67. The molecule has 2 rings (SSSR count). The van der Waals surface area contributed by atoms with E-state index in [4.69, 9.17) is 4.42 Å². The molecular formula is C15H23N3O. The molecule has 0 aliphatic heterocycles. The van der Waals surface area contributed by atoms with Crippen LogP contribution < -0.4 is 5.32 Å². The van der Waals surface area contributed by atoms with Crippen molar-refractivity contribution < 1.29 is 4.42 Å². The Morgan fingerprint density at radius 1 is 1.37 bits per heavy atom. The SMILES string of the molecule is CCCNC(c1ccoc1)c1cc(CC)nn1CC. The molecule has 104 valence electrons. The molecule has 2 aromatic heterocycles. The molecule has 0 aliphatic rings. The van der Waals surface area contributed by atoms with Gasteiger partial charge in [-0.1, -0.05) is 13.8 Å². The molecule has 1 N–H and O–H groups in total. The third kappa shape index (κ3) is 3.07. The van der Waals surface area contributed by atoms with Crippen LogP contribution in [-0.4, -0.2) is 16.3 Å². The second-order valence-corrected chi connectivity index (χ2v) is 4.67. The lowest BCUT2D eigenvalue weighted by Gasteiger charge is -2.18. The van der Waals surface area contributed by atoms with E-state index in [9.17, 15) is 0 Å². The highest BCUT2D eigenvalue weighted by Crippen LogP contribution is 2.23. The van der Waals surface area contributed by atoms with Gasteiger partial charge in [-0.2, -0.15) is 5.10 Å². The zero-order valence-electron chi connectivity index (χ0n) is 12.0. The van der Waals surface area contributed by atoms with Crippen LogP contribution in [-0.2, 0) is 13.0 Å². The highest BCUT2D eigenvalue weighted by molar-refractivity contribution is 5.26. The molecule has 0 spiro atoms. The molecule has 0 saturated heterocycles. The highest BCUT2D eigenvalue weighted by atomic mass is 16.3. The number of furan rings is 1. The van der Waals surface area contributed by atoms with Crippen molar-refractivity contribution in [2.45, 2.75) is 46.2 Å². The van der Waals surface area contributed by atoms with Crippen molar-refractivity contribution in [2.75, 3.05) is 6.54 Å². The van der Waals surface area contributed by atoms with Crippen molar-refractivity contribution in [1.82, 2.24) is 15.1 Å². The van der Waals surface area contributed by atoms with Gasteiger partial charge in [-0.25, -0.2) is 0 Å². The first-order valence-corrected chi connectivity index (χ1v) is 7.12.